The van der Waals surface area contributed by atoms with Gasteiger partial charge in [-0.25, -0.2) is 4.98 Å². The zero-order valence-corrected chi connectivity index (χ0v) is 19.6. The van der Waals surface area contributed by atoms with Gasteiger partial charge in [-0.2, -0.15) is 4.98 Å². The van der Waals surface area contributed by atoms with Crippen molar-refractivity contribution < 1.29 is 19.0 Å². The minimum atomic E-state index is -0.750. The molecule has 2 atom stereocenters. The highest BCUT2D eigenvalue weighted by molar-refractivity contribution is 7.29. The number of hydrogen-bond acceptors (Lipinski definition) is 11. The van der Waals surface area contributed by atoms with E-state index in [1.165, 1.54) is 22.7 Å². The molecule has 1 spiro atoms. The molecule has 1 amide bonds. The smallest absolute Gasteiger partial charge is 0.263 e. The van der Waals surface area contributed by atoms with E-state index in [0.717, 1.165) is 25.9 Å². The van der Waals surface area contributed by atoms with Gasteiger partial charge < -0.3 is 35.9 Å². The number of hydrogen-bond donors (Lipinski definition) is 3. The van der Waals surface area contributed by atoms with E-state index < -0.39 is 5.79 Å². The summed E-state index contributed by atoms with van der Waals surface area (Å²) in [6, 6.07) is 3.53. The summed E-state index contributed by atoms with van der Waals surface area (Å²) in [6.07, 6.45) is 0.626. The average Bonchev–Trinajstić information content (AvgIpc) is 3.55. The van der Waals surface area contributed by atoms with Gasteiger partial charge in [0, 0.05) is 18.5 Å². The van der Waals surface area contributed by atoms with Crippen LogP contribution in [0.1, 0.15) is 20.2 Å². The normalized spacial score (nSPS) is 23.8. The topological polar surface area (TPSA) is 138 Å². The maximum Gasteiger partial charge on any atom is 0.263 e. The number of thiazole rings is 1. The van der Waals surface area contributed by atoms with Crippen LogP contribution in [0, 0.1) is 6.92 Å². The molecule has 2 fully saturated rings. The molecule has 0 radical (unpaired) electrons. The maximum absolute atomic E-state index is 12.9. The van der Waals surface area contributed by atoms with Crippen LogP contribution in [0.4, 0.5) is 11.5 Å². The summed E-state index contributed by atoms with van der Waals surface area (Å²) in [7, 11) is 0. The monoisotopic (exact) mass is 488 g/mol. The number of aryl methyl sites for hydroxylation is 1. The molecule has 0 aliphatic carbocycles. The summed E-state index contributed by atoms with van der Waals surface area (Å²) < 4.78 is 18.4. The number of nitrogens with one attached hydrogen (secondary N) is 1. The molecule has 174 valence electrons. The van der Waals surface area contributed by atoms with Gasteiger partial charge in [0.1, 0.15) is 22.1 Å². The number of rotatable bonds is 3. The third kappa shape index (κ3) is 3.53. The third-order valence-electron chi connectivity index (χ3n) is 6.24. The van der Waals surface area contributed by atoms with Crippen molar-refractivity contribution in [2.24, 2.45) is 5.73 Å². The minimum Gasteiger partial charge on any atom is -0.475 e. The number of fused-ring (bicyclic) bond motifs is 2. The quantitative estimate of drug-likeness (QED) is 0.497. The SMILES string of the molecule is Cc1nc2sc(C(=O)NC3COc4nc(N5CC(N)C6(C5)OCCO6)ccc4C3)c(N)c2s1. The van der Waals surface area contributed by atoms with Crippen LogP contribution in [0.2, 0.25) is 0 Å². The molecule has 6 rings (SSSR count). The molecule has 6 heterocycles. The number of ether oxygens (including phenoxy) is 3. The van der Waals surface area contributed by atoms with Gasteiger partial charge in [0.05, 0.1) is 47.2 Å². The van der Waals surface area contributed by atoms with Crippen LogP contribution in [-0.4, -0.2) is 66.7 Å². The number of carbonyl (C=O) groups excluding carboxylic acids is 1. The minimum absolute atomic E-state index is 0.171. The van der Waals surface area contributed by atoms with Crippen molar-refractivity contribution in [1.82, 2.24) is 15.3 Å². The van der Waals surface area contributed by atoms with Gasteiger partial charge >= 0.3 is 0 Å². The Hall–Kier alpha value is -2.51. The Kier molecular flexibility index (Phi) is 4.96. The van der Waals surface area contributed by atoms with Crippen LogP contribution in [0.15, 0.2) is 12.1 Å². The Balaban J connectivity index is 1.14. The molecule has 33 heavy (non-hydrogen) atoms. The van der Waals surface area contributed by atoms with E-state index in [4.69, 9.17) is 30.7 Å². The lowest BCUT2D eigenvalue weighted by Crippen LogP contribution is -2.47. The third-order valence-corrected chi connectivity index (χ3v) is 8.47. The number of aromatic nitrogens is 2. The number of amides is 1. The first kappa shape index (κ1) is 21.1. The van der Waals surface area contributed by atoms with Crippen LogP contribution in [0.3, 0.4) is 0 Å². The van der Waals surface area contributed by atoms with Crippen molar-refractivity contribution >= 4 is 49.6 Å². The first-order chi connectivity index (χ1) is 15.9. The molecule has 12 heteroatoms. The number of nitrogens with two attached hydrogens (primary N) is 2. The van der Waals surface area contributed by atoms with Crippen LogP contribution >= 0.6 is 22.7 Å². The number of nitrogen functional groups attached to an aromatic ring is 1. The summed E-state index contributed by atoms with van der Waals surface area (Å²) in [4.78, 5) is 25.4. The van der Waals surface area contributed by atoms with Crippen molar-refractivity contribution in [2.45, 2.75) is 31.2 Å². The molecule has 3 aromatic heterocycles. The van der Waals surface area contributed by atoms with Crippen LogP contribution in [-0.2, 0) is 15.9 Å². The molecule has 3 aliphatic rings. The first-order valence-corrected chi connectivity index (χ1v) is 12.4. The van der Waals surface area contributed by atoms with Gasteiger partial charge in [0.2, 0.25) is 11.7 Å². The highest BCUT2D eigenvalue weighted by atomic mass is 32.1. The number of carbonyl (C=O) groups is 1. The molecular formula is C21H24N6O4S2. The van der Waals surface area contributed by atoms with E-state index in [0.29, 0.717) is 55.8 Å². The molecule has 10 nitrogen and oxygen atoms in total. The zero-order chi connectivity index (χ0) is 22.7. The van der Waals surface area contributed by atoms with E-state index in [1.54, 1.807) is 0 Å². The molecular weight excluding hydrogens is 464 g/mol. The Labute approximate surface area is 197 Å². The molecule has 3 aromatic rings. The van der Waals surface area contributed by atoms with Crippen molar-refractivity contribution in [3.63, 3.8) is 0 Å². The second kappa shape index (κ2) is 7.77. The van der Waals surface area contributed by atoms with Crippen molar-refractivity contribution in [3.05, 3.63) is 27.6 Å². The van der Waals surface area contributed by atoms with Crippen LogP contribution in [0.5, 0.6) is 5.88 Å². The van der Waals surface area contributed by atoms with Gasteiger partial charge in [-0.3, -0.25) is 4.79 Å². The fourth-order valence-corrected chi connectivity index (χ4v) is 6.70. The van der Waals surface area contributed by atoms with E-state index in [9.17, 15) is 4.79 Å². The highest BCUT2D eigenvalue weighted by Crippen LogP contribution is 2.38. The van der Waals surface area contributed by atoms with Crippen LogP contribution < -0.4 is 26.4 Å². The fraction of sp³-hybridized carbons (Fsp3) is 0.476. The number of thiophene rings is 1. The lowest BCUT2D eigenvalue weighted by Gasteiger charge is -2.27. The van der Waals surface area contributed by atoms with Gasteiger partial charge in [-0.1, -0.05) is 0 Å². The second-order valence-corrected chi connectivity index (χ2v) is 10.7. The Bertz CT molecular complexity index is 1240. The zero-order valence-electron chi connectivity index (χ0n) is 18.0. The Morgan fingerprint density at radius 2 is 2.09 bits per heavy atom. The highest BCUT2D eigenvalue weighted by Gasteiger charge is 2.50. The van der Waals surface area contributed by atoms with Gasteiger partial charge in [0.15, 0.2) is 0 Å². The summed E-state index contributed by atoms with van der Waals surface area (Å²) in [5.74, 6) is 0.406. The second-order valence-electron chi connectivity index (χ2n) is 8.53. The Morgan fingerprint density at radius 1 is 1.27 bits per heavy atom. The number of nitrogens with zero attached hydrogens (tertiary/aromatic N) is 3. The Morgan fingerprint density at radius 3 is 2.88 bits per heavy atom. The standard InChI is InChI=1S/C21H24N6O4S2/c1-10-24-20-17(32-10)15(23)16(33-20)18(28)25-12-6-11-2-3-14(26-19(11)29-8-12)27-7-13(22)21(9-27)30-4-5-31-21/h2-3,12-13H,4-9,22-23H2,1H3,(H,25,28). The van der Waals surface area contributed by atoms with Gasteiger partial charge in [-0.05, 0) is 19.1 Å². The first-order valence-electron chi connectivity index (χ1n) is 10.8. The summed E-state index contributed by atoms with van der Waals surface area (Å²) in [5, 5.41) is 3.98. The summed E-state index contributed by atoms with van der Waals surface area (Å²) in [6.45, 7) is 4.51. The lowest BCUT2D eigenvalue weighted by molar-refractivity contribution is -0.147. The van der Waals surface area contributed by atoms with E-state index in [-0.39, 0.29) is 18.0 Å². The lowest BCUT2D eigenvalue weighted by atomic mass is 10.1. The largest absolute Gasteiger partial charge is 0.475 e. The molecule has 3 aliphatic heterocycles. The number of anilines is 2. The molecule has 5 N–H and O–H groups in total. The molecule has 0 saturated carbocycles. The summed E-state index contributed by atoms with van der Waals surface area (Å²) in [5.41, 5.74) is 13.9. The van der Waals surface area contributed by atoms with Gasteiger partial charge in [-0.15, -0.1) is 22.7 Å². The van der Waals surface area contributed by atoms with Crippen molar-refractivity contribution in [1.29, 1.82) is 0 Å². The van der Waals surface area contributed by atoms with Gasteiger partial charge in [0.25, 0.3) is 5.91 Å². The van der Waals surface area contributed by atoms with E-state index >= 15 is 0 Å². The van der Waals surface area contributed by atoms with Crippen molar-refractivity contribution in [2.75, 3.05) is 43.5 Å². The number of pyridine rings is 1. The maximum atomic E-state index is 12.9. The van der Waals surface area contributed by atoms with E-state index in [2.05, 4.69) is 15.2 Å². The summed E-state index contributed by atoms with van der Waals surface area (Å²) >= 11 is 2.83. The predicted molar refractivity (Wildman–Crippen MR) is 126 cm³/mol. The molecule has 2 saturated heterocycles. The average molecular weight is 489 g/mol. The molecule has 0 bridgehead atoms. The van der Waals surface area contributed by atoms with Crippen molar-refractivity contribution in [3.8, 4) is 5.88 Å². The molecule has 0 aromatic carbocycles. The van der Waals surface area contributed by atoms with Crippen LogP contribution in [0.25, 0.3) is 9.53 Å². The fourth-order valence-electron chi connectivity index (χ4n) is 4.61. The van der Waals surface area contributed by atoms with E-state index in [1.807, 2.05) is 19.1 Å². The molecule has 2 unspecified atom stereocenters. The predicted octanol–water partition coefficient (Wildman–Crippen LogP) is 1.27.